The molecule has 2 aromatic heterocycles. The summed E-state index contributed by atoms with van der Waals surface area (Å²) in [5.41, 5.74) is 0.644. The summed E-state index contributed by atoms with van der Waals surface area (Å²) >= 11 is 0. The van der Waals surface area contributed by atoms with E-state index >= 15 is 0 Å². The Bertz CT molecular complexity index is 1240. The third-order valence-electron chi connectivity index (χ3n) is 5.28. The largest absolute Gasteiger partial charge is 0.330 e. The lowest BCUT2D eigenvalue weighted by molar-refractivity contribution is -0.116. The number of amides is 1. The van der Waals surface area contributed by atoms with Gasteiger partial charge in [0, 0.05) is 31.6 Å². The van der Waals surface area contributed by atoms with Crippen LogP contribution in [0.25, 0.3) is 11.2 Å². The highest BCUT2D eigenvalue weighted by molar-refractivity contribution is 5.90. The van der Waals surface area contributed by atoms with Gasteiger partial charge in [-0.05, 0) is 37.0 Å². The topological polar surface area (TPSA) is 102 Å². The quantitative estimate of drug-likeness (QED) is 0.529. The Labute approximate surface area is 185 Å². The van der Waals surface area contributed by atoms with Gasteiger partial charge in [0.1, 0.15) is 11.6 Å². The minimum atomic E-state index is -0.476. The molecule has 0 atom stereocenters. The molecule has 0 bridgehead atoms. The maximum atomic E-state index is 13.7. The molecule has 3 rings (SSSR count). The van der Waals surface area contributed by atoms with Gasteiger partial charge in [0.15, 0.2) is 11.2 Å². The molecule has 8 nitrogen and oxygen atoms in total. The number of H-pyrrole nitrogens is 1. The summed E-state index contributed by atoms with van der Waals surface area (Å²) in [4.78, 5) is 44.5. The van der Waals surface area contributed by atoms with Gasteiger partial charge in [-0.3, -0.25) is 19.1 Å². The fourth-order valence-electron chi connectivity index (χ4n) is 3.61. The van der Waals surface area contributed by atoms with Gasteiger partial charge in [0.2, 0.25) is 5.91 Å². The molecule has 0 spiro atoms. The Morgan fingerprint density at radius 1 is 1.25 bits per heavy atom. The molecular formula is C23H30FN5O3. The highest BCUT2D eigenvalue weighted by Gasteiger charge is 2.20. The smallest absolute Gasteiger partial charge is 0.326 e. The molecule has 0 fully saturated rings. The monoisotopic (exact) mass is 443 g/mol. The van der Waals surface area contributed by atoms with E-state index in [9.17, 15) is 18.8 Å². The molecule has 0 aliphatic carbocycles. The van der Waals surface area contributed by atoms with Crippen LogP contribution in [0.1, 0.15) is 51.4 Å². The molecule has 0 unspecified atom stereocenters. The number of carbonyl (C=O) groups is 1. The average Bonchev–Trinajstić information content (AvgIpc) is 3.07. The first-order chi connectivity index (χ1) is 15.2. The number of aromatic amines is 1. The summed E-state index contributed by atoms with van der Waals surface area (Å²) in [6.45, 7) is 8.72. The number of aromatic nitrogens is 4. The second-order valence-corrected chi connectivity index (χ2v) is 8.48. The Balaban J connectivity index is 1.91. The number of benzene rings is 1. The van der Waals surface area contributed by atoms with Crippen LogP contribution in [0.3, 0.4) is 0 Å². The fourth-order valence-corrected chi connectivity index (χ4v) is 3.61. The minimum Gasteiger partial charge on any atom is -0.326 e. The van der Waals surface area contributed by atoms with Crippen LogP contribution in [-0.2, 0) is 24.3 Å². The minimum absolute atomic E-state index is 0.105. The zero-order valence-corrected chi connectivity index (χ0v) is 19.0. The molecule has 0 saturated heterocycles. The van der Waals surface area contributed by atoms with Crippen LogP contribution in [0.5, 0.6) is 0 Å². The number of imidazole rings is 1. The second-order valence-electron chi connectivity index (χ2n) is 8.48. The van der Waals surface area contributed by atoms with Gasteiger partial charge >= 0.3 is 5.69 Å². The highest BCUT2D eigenvalue weighted by atomic mass is 19.1. The molecule has 1 aromatic carbocycles. The number of halogens is 1. The van der Waals surface area contributed by atoms with Crippen LogP contribution < -0.4 is 16.6 Å². The predicted molar refractivity (Wildman–Crippen MR) is 122 cm³/mol. The van der Waals surface area contributed by atoms with E-state index in [0.29, 0.717) is 41.3 Å². The summed E-state index contributed by atoms with van der Waals surface area (Å²) < 4.78 is 17.0. The van der Waals surface area contributed by atoms with Crippen LogP contribution in [0.15, 0.2) is 27.8 Å². The van der Waals surface area contributed by atoms with Gasteiger partial charge in [0.25, 0.3) is 5.56 Å². The number of nitrogens with one attached hydrogen (secondary N) is 2. The van der Waals surface area contributed by atoms with Crippen molar-refractivity contribution in [3.8, 4) is 0 Å². The molecular weight excluding hydrogens is 413 g/mol. The van der Waals surface area contributed by atoms with E-state index in [1.54, 1.807) is 23.6 Å². The van der Waals surface area contributed by atoms with E-state index in [0.717, 1.165) is 12.8 Å². The molecule has 0 saturated carbocycles. The van der Waals surface area contributed by atoms with Crippen molar-refractivity contribution in [1.82, 2.24) is 19.1 Å². The standard InChI is InChI=1S/C23H30FN5O3/c1-5-6-11-28-21-20(22(31)27-23(28)32)29(13-14(2)3)18(26-21)9-10-19(30)25-16-8-7-15(4)17(24)12-16/h7-8,12,14H,5-6,9-11,13H2,1-4H3,(H,25,30)(H,27,31,32). The molecule has 0 aliphatic rings. The Morgan fingerprint density at radius 2 is 2.00 bits per heavy atom. The zero-order valence-electron chi connectivity index (χ0n) is 19.0. The summed E-state index contributed by atoms with van der Waals surface area (Å²) in [5.74, 6) is 0.130. The molecule has 1 amide bonds. The molecule has 0 radical (unpaired) electrons. The van der Waals surface area contributed by atoms with Crippen molar-refractivity contribution in [1.29, 1.82) is 0 Å². The van der Waals surface area contributed by atoms with Crippen molar-refractivity contribution in [3.05, 3.63) is 56.2 Å². The van der Waals surface area contributed by atoms with E-state index < -0.39 is 11.2 Å². The lowest BCUT2D eigenvalue weighted by Gasteiger charge is -2.12. The van der Waals surface area contributed by atoms with E-state index in [2.05, 4.69) is 15.3 Å². The second kappa shape index (κ2) is 9.93. The summed E-state index contributed by atoms with van der Waals surface area (Å²) in [6, 6.07) is 4.54. The maximum absolute atomic E-state index is 13.7. The first kappa shape index (κ1) is 23.4. The van der Waals surface area contributed by atoms with Crippen LogP contribution in [0.4, 0.5) is 10.1 Å². The van der Waals surface area contributed by atoms with Crippen molar-refractivity contribution in [3.63, 3.8) is 0 Å². The summed E-state index contributed by atoms with van der Waals surface area (Å²) in [7, 11) is 0. The van der Waals surface area contributed by atoms with E-state index in [1.165, 1.54) is 10.6 Å². The van der Waals surface area contributed by atoms with E-state index in [4.69, 9.17) is 0 Å². The third-order valence-corrected chi connectivity index (χ3v) is 5.28. The molecule has 32 heavy (non-hydrogen) atoms. The number of hydrogen-bond acceptors (Lipinski definition) is 4. The van der Waals surface area contributed by atoms with Crippen LogP contribution >= 0.6 is 0 Å². The van der Waals surface area contributed by atoms with Gasteiger partial charge in [-0.25, -0.2) is 14.2 Å². The van der Waals surface area contributed by atoms with Crippen LogP contribution in [0, 0.1) is 18.7 Å². The number of carbonyl (C=O) groups excluding carboxylic acids is 1. The van der Waals surface area contributed by atoms with E-state index in [-0.39, 0.29) is 30.5 Å². The number of unbranched alkanes of at least 4 members (excludes halogenated alkanes) is 1. The first-order valence-corrected chi connectivity index (χ1v) is 11.0. The van der Waals surface area contributed by atoms with Gasteiger partial charge in [-0.2, -0.15) is 0 Å². The van der Waals surface area contributed by atoms with E-state index in [1.807, 2.05) is 20.8 Å². The van der Waals surface area contributed by atoms with Crippen molar-refractivity contribution in [2.75, 3.05) is 5.32 Å². The van der Waals surface area contributed by atoms with Crippen molar-refractivity contribution in [2.45, 2.75) is 66.5 Å². The average molecular weight is 444 g/mol. The molecule has 3 aromatic rings. The normalized spacial score (nSPS) is 11.4. The number of aryl methyl sites for hydroxylation is 3. The zero-order chi connectivity index (χ0) is 23.4. The first-order valence-electron chi connectivity index (χ1n) is 11.0. The number of rotatable bonds is 9. The predicted octanol–water partition coefficient (Wildman–Crippen LogP) is 3.36. The third kappa shape index (κ3) is 5.15. The number of hydrogen-bond donors (Lipinski definition) is 2. The molecule has 2 heterocycles. The lowest BCUT2D eigenvalue weighted by Crippen LogP contribution is -2.31. The van der Waals surface area contributed by atoms with Gasteiger partial charge in [0.05, 0.1) is 0 Å². The summed E-state index contributed by atoms with van der Waals surface area (Å²) in [6.07, 6.45) is 2.06. The van der Waals surface area contributed by atoms with Gasteiger partial charge < -0.3 is 9.88 Å². The highest BCUT2D eigenvalue weighted by Crippen LogP contribution is 2.17. The Kier molecular flexibility index (Phi) is 7.27. The Morgan fingerprint density at radius 3 is 2.66 bits per heavy atom. The number of anilines is 1. The van der Waals surface area contributed by atoms with Crippen molar-refractivity contribution in [2.24, 2.45) is 5.92 Å². The van der Waals surface area contributed by atoms with Crippen LogP contribution in [-0.4, -0.2) is 25.0 Å². The van der Waals surface area contributed by atoms with Crippen molar-refractivity contribution >= 4 is 22.8 Å². The fraction of sp³-hybridized carbons (Fsp3) is 0.478. The maximum Gasteiger partial charge on any atom is 0.330 e. The lowest BCUT2D eigenvalue weighted by atomic mass is 10.2. The molecule has 9 heteroatoms. The van der Waals surface area contributed by atoms with Crippen molar-refractivity contribution < 1.29 is 9.18 Å². The number of nitrogens with zero attached hydrogens (tertiary/aromatic N) is 3. The van der Waals surface area contributed by atoms with Gasteiger partial charge in [-0.15, -0.1) is 0 Å². The Hall–Kier alpha value is -3.23. The molecule has 0 aliphatic heterocycles. The number of fused-ring (bicyclic) bond motifs is 1. The summed E-state index contributed by atoms with van der Waals surface area (Å²) in [5, 5.41) is 2.69. The van der Waals surface area contributed by atoms with Gasteiger partial charge in [-0.1, -0.05) is 33.3 Å². The van der Waals surface area contributed by atoms with Crippen LogP contribution in [0.2, 0.25) is 0 Å². The molecule has 172 valence electrons. The molecule has 2 N–H and O–H groups in total. The SMILES string of the molecule is CCCCn1c(=O)[nH]c(=O)c2c1nc(CCC(=O)Nc1ccc(C)c(F)c1)n2CC(C)C.